The minimum absolute atomic E-state index is 0.0790. The Labute approximate surface area is 155 Å². The van der Waals surface area contributed by atoms with Crippen molar-refractivity contribution in [2.24, 2.45) is 17.5 Å². The monoisotopic (exact) mass is 362 g/mol. The van der Waals surface area contributed by atoms with Crippen LogP contribution in [0, 0.1) is 5.41 Å². The van der Waals surface area contributed by atoms with E-state index in [9.17, 15) is 4.79 Å². The molecule has 2 heterocycles. The maximum absolute atomic E-state index is 12.6. The van der Waals surface area contributed by atoms with E-state index in [-0.39, 0.29) is 5.91 Å². The molecule has 2 fully saturated rings. The Balaban J connectivity index is 1.62. The van der Waals surface area contributed by atoms with Crippen LogP contribution in [0.3, 0.4) is 0 Å². The number of aryl methyl sites for hydroxylation is 1. The molecule has 1 aromatic heterocycles. The van der Waals surface area contributed by atoms with Gasteiger partial charge in [0.05, 0.1) is 11.9 Å². The number of carbonyl (C=O) groups is 1. The number of anilines is 1. The van der Waals surface area contributed by atoms with Crippen molar-refractivity contribution in [1.82, 2.24) is 20.0 Å². The van der Waals surface area contributed by atoms with Crippen LogP contribution in [0.25, 0.3) is 0 Å². The van der Waals surface area contributed by atoms with Gasteiger partial charge in [0.15, 0.2) is 5.96 Å². The topological polar surface area (TPSA) is 75.0 Å². The predicted octanol–water partition coefficient (Wildman–Crippen LogP) is 0.851. The van der Waals surface area contributed by atoms with E-state index in [1.807, 2.05) is 13.2 Å². The normalized spacial score (nSPS) is 19.8. The summed E-state index contributed by atoms with van der Waals surface area (Å²) in [5.74, 6) is 0.922. The van der Waals surface area contributed by atoms with Crippen molar-refractivity contribution in [3.63, 3.8) is 0 Å². The molecule has 0 aromatic carbocycles. The van der Waals surface area contributed by atoms with Gasteiger partial charge < -0.3 is 19.9 Å². The first-order valence-electron chi connectivity index (χ1n) is 9.38. The number of rotatable bonds is 7. The summed E-state index contributed by atoms with van der Waals surface area (Å²) < 4.78 is 6.94. The third-order valence-corrected chi connectivity index (χ3v) is 5.22. The molecular formula is C18H30N6O2. The number of hydrogen-bond donors (Lipinski definition) is 1. The first-order valence-corrected chi connectivity index (χ1v) is 9.38. The lowest BCUT2D eigenvalue weighted by Crippen LogP contribution is -2.55. The number of nitrogens with one attached hydrogen (secondary N) is 1. The highest BCUT2D eigenvalue weighted by Gasteiger charge is 2.42. The van der Waals surface area contributed by atoms with Crippen molar-refractivity contribution in [2.75, 3.05) is 51.3 Å². The Bertz CT molecular complexity index is 652. The van der Waals surface area contributed by atoms with E-state index in [1.165, 1.54) is 12.8 Å². The van der Waals surface area contributed by atoms with Gasteiger partial charge in [0.25, 0.3) is 0 Å². The number of hydrogen-bond acceptors (Lipinski definition) is 4. The van der Waals surface area contributed by atoms with Crippen molar-refractivity contribution in [2.45, 2.75) is 26.2 Å². The van der Waals surface area contributed by atoms with Crippen LogP contribution in [0.1, 0.15) is 26.2 Å². The zero-order chi connectivity index (χ0) is 18.6. The first kappa shape index (κ1) is 18.7. The van der Waals surface area contributed by atoms with Gasteiger partial charge in [-0.1, -0.05) is 0 Å². The zero-order valence-corrected chi connectivity index (χ0v) is 16.1. The van der Waals surface area contributed by atoms with Gasteiger partial charge in [0, 0.05) is 53.1 Å². The minimum Gasteiger partial charge on any atom is -0.385 e. The molecule has 1 aliphatic heterocycles. The van der Waals surface area contributed by atoms with Crippen LogP contribution in [-0.2, 0) is 16.6 Å². The quantitative estimate of drug-likeness (QED) is 0.575. The summed E-state index contributed by atoms with van der Waals surface area (Å²) in [6.07, 6.45) is 7.10. The van der Waals surface area contributed by atoms with Gasteiger partial charge in [-0.15, -0.1) is 0 Å². The molecule has 0 unspecified atom stereocenters. The van der Waals surface area contributed by atoms with Gasteiger partial charge >= 0.3 is 0 Å². The third kappa shape index (κ3) is 4.35. The Kier molecular flexibility index (Phi) is 5.80. The standard InChI is InChI=1S/C18H30N6O2/c1-4-19-17(20-14-18(5-6-18)7-10-26-3)23-8-9-24(16(25)13-23)15-11-21-22(2)12-15/h11-12H,4-10,13-14H2,1-3H3,(H,19,20). The largest absolute Gasteiger partial charge is 0.385 e. The second-order valence-electron chi connectivity index (χ2n) is 7.25. The lowest BCUT2D eigenvalue weighted by molar-refractivity contribution is -0.120. The molecule has 8 nitrogen and oxygen atoms in total. The molecule has 3 rings (SSSR count). The molecule has 1 N–H and O–H groups in total. The van der Waals surface area contributed by atoms with Crippen LogP contribution in [-0.4, -0.2) is 73.0 Å². The van der Waals surface area contributed by atoms with E-state index in [4.69, 9.17) is 9.73 Å². The highest BCUT2D eigenvalue weighted by molar-refractivity contribution is 5.98. The smallest absolute Gasteiger partial charge is 0.246 e. The van der Waals surface area contributed by atoms with Gasteiger partial charge in [0.2, 0.25) is 5.91 Å². The van der Waals surface area contributed by atoms with Crippen LogP contribution in [0.2, 0.25) is 0 Å². The van der Waals surface area contributed by atoms with Crippen LogP contribution in [0.15, 0.2) is 17.4 Å². The Hall–Kier alpha value is -2.09. The van der Waals surface area contributed by atoms with Crippen molar-refractivity contribution in [3.05, 3.63) is 12.4 Å². The fourth-order valence-electron chi connectivity index (χ4n) is 3.33. The molecular weight excluding hydrogens is 332 g/mol. The maximum Gasteiger partial charge on any atom is 0.246 e. The number of guanidine groups is 1. The van der Waals surface area contributed by atoms with E-state index in [0.29, 0.717) is 18.5 Å². The summed E-state index contributed by atoms with van der Waals surface area (Å²) in [7, 11) is 3.61. The molecule has 144 valence electrons. The molecule has 2 aliphatic rings. The molecule has 8 heteroatoms. The summed E-state index contributed by atoms with van der Waals surface area (Å²) in [5.41, 5.74) is 1.16. The minimum atomic E-state index is 0.0790. The second kappa shape index (κ2) is 8.07. The summed E-state index contributed by atoms with van der Waals surface area (Å²) in [6.45, 7) is 6.18. The van der Waals surface area contributed by atoms with Gasteiger partial charge in [-0.3, -0.25) is 14.5 Å². The molecule has 0 bridgehead atoms. The average molecular weight is 362 g/mol. The summed E-state index contributed by atoms with van der Waals surface area (Å²) in [6, 6.07) is 0. The Morgan fingerprint density at radius 2 is 2.23 bits per heavy atom. The predicted molar refractivity (Wildman–Crippen MR) is 101 cm³/mol. The van der Waals surface area contributed by atoms with Crippen molar-refractivity contribution >= 4 is 17.6 Å². The first-order chi connectivity index (χ1) is 12.6. The van der Waals surface area contributed by atoms with Crippen molar-refractivity contribution < 1.29 is 9.53 Å². The van der Waals surface area contributed by atoms with Crippen LogP contribution in [0.5, 0.6) is 0 Å². The Morgan fingerprint density at radius 3 is 2.81 bits per heavy atom. The molecule has 0 atom stereocenters. The van der Waals surface area contributed by atoms with E-state index in [1.54, 1.807) is 22.9 Å². The number of amides is 1. The number of aliphatic imine (C=N–C) groups is 1. The van der Waals surface area contributed by atoms with E-state index in [0.717, 1.165) is 44.3 Å². The summed E-state index contributed by atoms with van der Waals surface area (Å²) in [4.78, 5) is 21.3. The van der Waals surface area contributed by atoms with E-state index < -0.39 is 0 Å². The zero-order valence-electron chi connectivity index (χ0n) is 16.1. The van der Waals surface area contributed by atoms with Crippen molar-refractivity contribution in [3.8, 4) is 0 Å². The lowest BCUT2D eigenvalue weighted by Gasteiger charge is -2.35. The number of ether oxygens (including phenoxy) is 1. The maximum atomic E-state index is 12.6. The number of aromatic nitrogens is 2. The van der Waals surface area contributed by atoms with Gasteiger partial charge in [0.1, 0.15) is 6.54 Å². The summed E-state index contributed by atoms with van der Waals surface area (Å²) in [5, 5.41) is 7.51. The molecule has 0 spiro atoms. The van der Waals surface area contributed by atoms with Gasteiger partial charge in [-0.05, 0) is 31.6 Å². The van der Waals surface area contributed by atoms with E-state index in [2.05, 4.69) is 22.2 Å². The number of methoxy groups -OCH3 is 1. The molecule has 0 radical (unpaired) electrons. The lowest BCUT2D eigenvalue weighted by atomic mass is 10.0. The third-order valence-electron chi connectivity index (χ3n) is 5.22. The number of carbonyl (C=O) groups excluding carboxylic acids is 1. The number of piperazine rings is 1. The molecule has 1 aliphatic carbocycles. The van der Waals surface area contributed by atoms with E-state index >= 15 is 0 Å². The highest BCUT2D eigenvalue weighted by atomic mass is 16.5. The summed E-state index contributed by atoms with van der Waals surface area (Å²) >= 11 is 0. The molecule has 1 saturated carbocycles. The van der Waals surface area contributed by atoms with Gasteiger partial charge in [-0.2, -0.15) is 5.10 Å². The molecule has 1 aromatic rings. The molecule has 26 heavy (non-hydrogen) atoms. The number of nitrogens with zero attached hydrogens (tertiary/aromatic N) is 5. The van der Waals surface area contributed by atoms with Crippen LogP contribution < -0.4 is 10.2 Å². The highest BCUT2D eigenvalue weighted by Crippen LogP contribution is 2.49. The average Bonchev–Trinajstić information content (AvgIpc) is 3.28. The fourth-order valence-corrected chi connectivity index (χ4v) is 3.33. The van der Waals surface area contributed by atoms with Gasteiger partial charge in [-0.25, -0.2) is 0 Å². The fraction of sp³-hybridized carbons (Fsp3) is 0.722. The molecule has 1 amide bonds. The van der Waals surface area contributed by atoms with Crippen LogP contribution in [0.4, 0.5) is 5.69 Å². The van der Waals surface area contributed by atoms with Crippen LogP contribution >= 0.6 is 0 Å². The SMILES string of the molecule is CCNC(=NCC1(CCOC)CC1)N1CCN(c2cnn(C)c2)C(=O)C1. The Morgan fingerprint density at radius 1 is 1.42 bits per heavy atom. The second-order valence-corrected chi connectivity index (χ2v) is 7.25. The van der Waals surface area contributed by atoms with Crippen molar-refractivity contribution in [1.29, 1.82) is 0 Å². The molecule has 1 saturated heterocycles.